The van der Waals surface area contributed by atoms with Crippen LogP contribution in [0.1, 0.15) is 97.8 Å². The molecule has 2 aliphatic heterocycles. The van der Waals surface area contributed by atoms with Crippen LogP contribution in [0.25, 0.3) is 28.0 Å². The highest BCUT2D eigenvalue weighted by Crippen LogP contribution is 2.51. The van der Waals surface area contributed by atoms with E-state index in [0.717, 1.165) is 110 Å². The molecule has 0 atom stereocenters. The molecule has 6 radical (unpaired) electrons. The molecule has 8 rings (SSSR count). The number of likely N-dealkylation sites (tertiary alicyclic amines) is 2. The highest BCUT2D eigenvalue weighted by atomic mass is 16.5. The Balaban J connectivity index is 0.875. The van der Waals surface area contributed by atoms with Crippen LogP contribution in [0.4, 0.5) is 0 Å². The lowest BCUT2D eigenvalue weighted by Crippen LogP contribution is -2.51. The van der Waals surface area contributed by atoms with Gasteiger partial charge in [-0.05, 0) is 136 Å². The lowest BCUT2D eigenvalue weighted by Gasteiger charge is -2.52. The van der Waals surface area contributed by atoms with Crippen molar-refractivity contribution >= 4 is 46.2 Å². The summed E-state index contributed by atoms with van der Waals surface area (Å²) < 4.78 is 19.6. The summed E-state index contributed by atoms with van der Waals surface area (Å²) in [5, 5.41) is -0.733. The summed E-state index contributed by atoms with van der Waals surface area (Å²) in [5.74, 6) is 3.42. The van der Waals surface area contributed by atoms with E-state index in [9.17, 15) is 9.59 Å². The summed E-state index contributed by atoms with van der Waals surface area (Å²) in [6, 6.07) is 11.8. The molecule has 58 heavy (non-hydrogen) atoms. The summed E-state index contributed by atoms with van der Waals surface area (Å²) in [4.78, 5) is 35.7. The topological polar surface area (TPSA) is 86.1 Å². The predicted molar refractivity (Wildman–Crippen MR) is 233 cm³/mol. The Morgan fingerprint density at radius 3 is 2.24 bits per heavy atom. The molecule has 296 valence electrons. The molecule has 4 heterocycles. The molecule has 4 aromatic rings. The number of rotatable bonds is 14. The van der Waals surface area contributed by atoms with Crippen molar-refractivity contribution in [2.24, 2.45) is 11.3 Å². The average molecular weight is 774 g/mol. The third-order valence-electron chi connectivity index (χ3n) is 13.3. The van der Waals surface area contributed by atoms with E-state index in [2.05, 4.69) is 21.4 Å². The molecule has 0 bridgehead atoms. The van der Waals surface area contributed by atoms with Gasteiger partial charge in [-0.3, -0.25) is 19.5 Å². The number of hydrogen-bond donors (Lipinski definition) is 0. The highest BCUT2D eigenvalue weighted by molar-refractivity contribution is 6.56. The molecule has 0 unspecified atom stereocenters. The first-order chi connectivity index (χ1) is 27.9. The lowest BCUT2D eigenvalue weighted by molar-refractivity contribution is -0.0580. The van der Waals surface area contributed by atoms with Crippen LogP contribution < -0.4 is 19.8 Å². The molecule has 4 aliphatic rings. The maximum atomic E-state index is 13.5. The van der Waals surface area contributed by atoms with Gasteiger partial charge in [0.1, 0.15) is 17.2 Å². The summed E-state index contributed by atoms with van der Waals surface area (Å²) in [5.41, 5.74) is 5.07. The minimum absolute atomic E-state index is 0.119. The van der Waals surface area contributed by atoms with E-state index in [1.165, 1.54) is 17.4 Å². The minimum Gasteiger partial charge on any atom is -0.496 e. The second-order valence-electron chi connectivity index (χ2n) is 17.3. The monoisotopic (exact) mass is 774 g/mol. The van der Waals surface area contributed by atoms with Crippen molar-refractivity contribution < 1.29 is 19.0 Å². The molecular formula is C46H53B3N4O5. The summed E-state index contributed by atoms with van der Waals surface area (Å²) in [6.45, 7) is 11.9. The second-order valence-corrected chi connectivity index (χ2v) is 17.3. The average Bonchev–Trinajstić information content (AvgIpc) is 4.07. The van der Waals surface area contributed by atoms with E-state index in [4.69, 9.17) is 37.7 Å². The maximum absolute atomic E-state index is 13.5. The summed E-state index contributed by atoms with van der Waals surface area (Å²) in [6.07, 6.45) is 14.8. The first kappa shape index (κ1) is 40.5. The van der Waals surface area contributed by atoms with Crippen LogP contribution in [0, 0.1) is 11.3 Å². The van der Waals surface area contributed by atoms with Crippen LogP contribution in [0.2, 0.25) is 0 Å². The number of carbonyl (C=O) groups excluding carboxylic acids is 1. The number of nitrogens with zero attached hydrogens (tertiary/aromatic N) is 4. The van der Waals surface area contributed by atoms with Crippen LogP contribution in [-0.4, -0.2) is 102 Å². The predicted octanol–water partition coefficient (Wildman–Crippen LogP) is 6.80. The van der Waals surface area contributed by atoms with Gasteiger partial charge in [0, 0.05) is 54.6 Å². The largest absolute Gasteiger partial charge is 0.496 e. The lowest BCUT2D eigenvalue weighted by atomic mass is 9.49. The number of Topliss-reactive ketones (excluding diaryl/α,β-unsaturated/α-hetero) is 1. The van der Waals surface area contributed by atoms with Crippen LogP contribution in [0.15, 0.2) is 60.2 Å². The fourth-order valence-electron chi connectivity index (χ4n) is 9.60. The Morgan fingerprint density at radius 2 is 1.64 bits per heavy atom. The number of ether oxygens (including phenoxy) is 3. The summed E-state index contributed by atoms with van der Waals surface area (Å²) >= 11 is 0. The van der Waals surface area contributed by atoms with Crippen molar-refractivity contribution in [1.29, 1.82) is 0 Å². The number of benzene rings is 2. The van der Waals surface area contributed by atoms with E-state index in [1.54, 1.807) is 32.7 Å². The fourth-order valence-corrected chi connectivity index (χ4v) is 9.60. The number of aromatic nitrogens is 2. The third kappa shape index (κ3) is 8.29. The van der Waals surface area contributed by atoms with Crippen molar-refractivity contribution in [2.75, 3.05) is 46.9 Å². The van der Waals surface area contributed by atoms with Crippen LogP contribution in [0.3, 0.4) is 0 Å². The third-order valence-corrected chi connectivity index (χ3v) is 13.3. The van der Waals surface area contributed by atoms with Crippen LogP contribution >= 0.6 is 0 Å². The number of pyridine rings is 2. The molecule has 2 aromatic heterocycles. The van der Waals surface area contributed by atoms with E-state index in [0.29, 0.717) is 52.7 Å². The first-order valence-electron chi connectivity index (χ1n) is 21.0. The number of carbonyl (C=O) groups is 1. The quantitative estimate of drug-likeness (QED) is 0.102. The smallest absolute Gasteiger partial charge is 0.258 e. The van der Waals surface area contributed by atoms with Gasteiger partial charge in [-0.15, -0.1) is 0 Å². The Bertz CT molecular complexity index is 2220. The van der Waals surface area contributed by atoms with E-state index < -0.39 is 10.8 Å². The highest BCUT2D eigenvalue weighted by Gasteiger charge is 2.47. The van der Waals surface area contributed by atoms with Gasteiger partial charge < -0.3 is 23.7 Å². The van der Waals surface area contributed by atoms with Gasteiger partial charge in [0.25, 0.3) is 5.56 Å². The number of piperidine rings is 2. The van der Waals surface area contributed by atoms with Gasteiger partial charge >= 0.3 is 0 Å². The molecule has 1 spiro atoms. The fraction of sp³-hybridized carbons (Fsp3) is 0.500. The molecule has 2 saturated heterocycles. The maximum Gasteiger partial charge on any atom is 0.258 e. The standard InChI is InChI=1S/C46H53B3N4O5/c1-5-30-9-10-33(21-35(30)41(54)6-2)58-34-23-45(24-34)13-17-52(18-14-45)26-29-11-15-51(16-12-29)27-39-42(56-3)19-32(20-43(39)57-4)38-28-53(46(47,48)49)44(55)37-25-50-40(22-36(37)38)31-7-8-31/h5,9-10,19-22,25,28-29,31,34H,1,6-8,11-18,23-24,26-27H2,2-4H3. The van der Waals surface area contributed by atoms with Crippen molar-refractivity contribution in [3.05, 3.63) is 88.1 Å². The Hall–Kier alpha value is -4.28. The van der Waals surface area contributed by atoms with Gasteiger partial charge in [-0.1, -0.05) is 30.9 Å². The van der Waals surface area contributed by atoms with Gasteiger partial charge in [0.2, 0.25) is 0 Å². The Morgan fingerprint density at radius 1 is 0.948 bits per heavy atom. The van der Waals surface area contributed by atoms with Gasteiger partial charge in [-0.2, -0.15) is 0 Å². The van der Waals surface area contributed by atoms with Gasteiger partial charge in [0.05, 0.1) is 54.8 Å². The molecule has 9 nitrogen and oxygen atoms in total. The molecule has 2 saturated carbocycles. The number of methoxy groups -OCH3 is 2. The Labute approximate surface area is 346 Å². The molecule has 2 aliphatic carbocycles. The van der Waals surface area contributed by atoms with Gasteiger partial charge in [-0.25, -0.2) is 0 Å². The van der Waals surface area contributed by atoms with Crippen LogP contribution in [-0.2, 0) is 11.8 Å². The van der Waals surface area contributed by atoms with E-state index in [-0.39, 0.29) is 11.9 Å². The molecule has 4 fully saturated rings. The first-order valence-corrected chi connectivity index (χ1v) is 21.0. The van der Waals surface area contributed by atoms with Crippen molar-refractivity contribution in [2.45, 2.75) is 88.5 Å². The number of ketones is 1. The van der Waals surface area contributed by atoms with E-state index >= 15 is 0 Å². The minimum atomic E-state index is -1.90. The molecule has 0 amide bonds. The normalized spacial score (nSPS) is 19.2. The summed E-state index contributed by atoms with van der Waals surface area (Å²) in [7, 11) is 21.6. The Kier molecular flexibility index (Phi) is 11.5. The van der Waals surface area contributed by atoms with E-state index in [1.807, 2.05) is 43.3 Å². The molecule has 0 N–H and O–H groups in total. The van der Waals surface area contributed by atoms with Crippen molar-refractivity contribution in [3.8, 4) is 28.4 Å². The number of hydrogen-bond acceptors (Lipinski definition) is 8. The van der Waals surface area contributed by atoms with Crippen molar-refractivity contribution in [3.63, 3.8) is 0 Å². The second kappa shape index (κ2) is 16.4. The zero-order chi connectivity index (χ0) is 40.8. The molecular weight excluding hydrogens is 721 g/mol. The number of fused-ring (bicyclic) bond motifs is 1. The molecule has 12 heteroatoms. The molecule has 2 aromatic carbocycles. The van der Waals surface area contributed by atoms with Crippen LogP contribution in [0.5, 0.6) is 17.2 Å². The SMILES string of the molecule is [B]C([B])([B])n1cc(-c2cc(OC)c(CN3CCC(CN4CCC5(CC4)CC(Oc4ccc(C=C)c(C(=O)CC)c4)C5)CC3)c(OC)c2)c2cc(C3CC3)ncc2c1=O. The zero-order valence-corrected chi connectivity index (χ0v) is 34.3. The van der Waals surface area contributed by atoms with Crippen molar-refractivity contribution in [1.82, 2.24) is 19.4 Å². The van der Waals surface area contributed by atoms with Gasteiger partial charge in [0.15, 0.2) is 5.78 Å². The zero-order valence-electron chi connectivity index (χ0n) is 34.3.